The van der Waals surface area contributed by atoms with Crippen molar-refractivity contribution in [2.75, 3.05) is 11.9 Å². The number of hydrogen-bond acceptors (Lipinski definition) is 5. The normalized spacial score (nSPS) is 14.4. The topological polar surface area (TPSA) is 77.5 Å². The van der Waals surface area contributed by atoms with Crippen LogP contribution in [-0.4, -0.2) is 29.6 Å². The number of anilines is 1. The molecule has 1 amide bonds. The second-order valence-corrected chi connectivity index (χ2v) is 6.38. The van der Waals surface area contributed by atoms with Crippen LogP contribution in [-0.2, 0) is 9.53 Å². The first kappa shape index (κ1) is 18.8. The number of esters is 1. The van der Waals surface area contributed by atoms with Gasteiger partial charge in [0.1, 0.15) is 11.9 Å². The van der Waals surface area contributed by atoms with Gasteiger partial charge in [-0.05, 0) is 56.0 Å². The highest BCUT2D eigenvalue weighted by atomic mass is 19.1. The Kier molecular flexibility index (Phi) is 6.35. The molecule has 1 aliphatic rings. The van der Waals surface area contributed by atoms with E-state index in [0.717, 1.165) is 25.7 Å². The van der Waals surface area contributed by atoms with E-state index >= 15 is 0 Å². The molecule has 1 heterocycles. The molecule has 142 valence electrons. The van der Waals surface area contributed by atoms with Crippen LogP contribution in [0.3, 0.4) is 0 Å². The number of amides is 1. The molecule has 1 aromatic heterocycles. The fourth-order valence-corrected chi connectivity index (χ4v) is 2.87. The monoisotopic (exact) mass is 372 g/mol. The van der Waals surface area contributed by atoms with Gasteiger partial charge in [0.2, 0.25) is 5.88 Å². The molecule has 0 radical (unpaired) electrons. The van der Waals surface area contributed by atoms with Gasteiger partial charge in [-0.1, -0.05) is 6.42 Å². The number of pyridine rings is 1. The number of carbonyl (C=O) groups excluding carboxylic acids is 2. The number of carbonyl (C=O) groups is 2. The Labute approximate surface area is 156 Å². The third-order valence-electron chi connectivity index (χ3n) is 4.29. The molecule has 2 aromatic rings. The maximum absolute atomic E-state index is 12.9. The van der Waals surface area contributed by atoms with Gasteiger partial charge in [0.25, 0.3) is 5.91 Å². The maximum Gasteiger partial charge on any atom is 0.344 e. The summed E-state index contributed by atoms with van der Waals surface area (Å²) in [6, 6.07) is 8.50. The summed E-state index contributed by atoms with van der Waals surface area (Å²) in [6.45, 7) is -0.218. The predicted octanol–water partition coefficient (Wildman–Crippen LogP) is 3.73. The molecular formula is C20H21FN2O4. The number of hydrogen-bond donors (Lipinski definition) is 1. The Morgan fingerprint density at radius 3 is 2.48 bits per heavy atom. The predicted molar refractivity (Wildman–Crippen MR) is 97.1 cm³/mol. The van der Waals surface area contributed by atoms with Crippen LogP contribution in [0.25, 0.3) is 0 Å². The molecule has 1 aromatic carbocycles. The van der Waals surface area contributed by atoms with Crippen molar-refractivity contribution in [3.8, 4) is 5.88 Å². The molecule has 0 saturated heterocycles. The van der Waals surface area contributed by atoms with Gasteiger partial charge in [0, 0.05) is 18.0 Å². The first-order chi connectivity index (χ1) is 13.1. The summed E-state index contributed by atoms with van der Waals surface area (Å²) in [5.41, 5.74) is 0.795. The molecule has 0 aliphatic heterocycles. The number of rotatable bonds is 6. The fraction of sp³-hybridized carbons (Fsp3) is 0.350. The molecule has 0 spiro atoms. The molecule has 6 nitrogen and oxygen atoms in total. The van der Waals surface area contributed by atoms with Gasteiger partial charge >= 0.3 is 5.97 Å². The Hall–Kier alpha value is -2.96. The minimum atomic E-state index is -0.415. The zero-order valence-electron chi connectivity index (χ0n) is 14.8. The van der Waals surface area contributed by atoms with Crippen molar-refractivity contribution in [1.29, 1.82) is 0 Å². The number of benzene rings is 1. The molecule has 1 saturated carbocycles. The minimum absolute atomic E-state index is 0.0136. The quantitative estimate of drug-likeness (QED) is 0.782. The maximum atomic E-state index is 12.9. The van der Waals surface area contributed by atoms with Crippen LogP contribution in [0.4, 0.5) is 10.1 Å². The number of nitrogens with one attached hydrogen (secondary N) is 1. The minimum Gasteiger partial charge on any atom is -0.466 e. The van der Waals surface area contributed by atoms with Crippen LogP contribution in [0.2, 0.25) is 0 Å². The number of nitrogens with zero attached hydrogens (tertiary/aromatic N) is 1. The smallest absolute Gasteiger partial charge is 0.344 e. The molecule has 27 heavy (non-hydrogen) atoms. The van der Waals surface area contributed by atoms with Gasteiger partial charge in [0.05, 0.1) is 5.56 Å². The SMILES string of the molecule is O=C(COc1ccc(C(=O)Nc2ccc(F)cc2)cn1)OC1CCCCC1. The second kappa shape index (κ2) is 9.12. The molecule has 0 unspecified atom stereocenters. The van der Waals surface area contributed by atoms with Crippen molar-refractivity contribution in [2.24, 2.45) is 0 Å². The van der Waals surface area contributed by atoms with Gasteiger partial charge in [-0.3, -0.25) is 4.79 Å². The summed E-state index contributed by atoms with van der Waals surface area (Å²) in [5, 5.41) is 2.64. The summed E-state index contributed by atoms with van der Waals surface area (Å²) < 4.78 is 23.6. The molecule has 1 fully saturated rings. The first-order valence-corrected chi connectivity index (χ1v) is 8.95. The number of ether oxygens (including phenoxy) is 2. The molecule has 3 rings (SSSR count). The van der Waals surface area contributed by atoms with Gasteiger partial charge < -0.3 is 14.8 Å². The van der Waals surface area contributed by atoms with Gasteiger partial charge in [0.15, 0.2) is 6.61 Å². The van der Waals surface area contributed by atoms with E-state index in [-0.39, 0.29) is 30.3 Å². The van der Waals surface area contributed by atoms with Crippen LogP contribution in [0.5, 0.6) is 5.88 Å². The van der Waals surface area contributed by atoms with Crippen LogP contribution in [0.15, 0.2) is 42.6 Å². The van der Waals surface area contributed by atoms with Crippen LogP contribution in [0.1, 0.15) is 42.5 Å². The van der Waals surface area contributed by atoms with E-state index in [4.69, 9.17) is 9.47 Å². The lowest BCUT2D eigenvalue weighted by Crippen LogP contribution is -2.24. The Morgan fingerprint density at radius 2 is 1.81 bits per heavy atom. The van der Waals surface area contributed by atoms with E-state index in [1.807, 2.05) is 0 Å². The van der Waals surface area contributed by atoms with Crippen molar-refractivity contribution >= 4 is 17.6 Å². The van der Waals surface area contributed by atoms with Crippen molar-refractivity contribution < 1.29 is 23.5 Å². The standard InChI is InChI=1S/C20H21FN2O4/c21-15-7-9-16(10-8-15)23-20(25)14-6-11-18(22-12-14)26-13-19(24)27-17-4-2-1-3-5-17/h6-12,17H,1-5,13H2,(H,23,25). The molecule has 0 atom stereocenters. The Morgan fingerprint density at radius 1 is 1.07 bits per heavy atom. The van der Waals surface area contributed by atoms with Crippen molar-refractivity contribution in [3.05, 3.63) is 54.0 Å². The van der Waals surface area contributed by atoms with Gasteiger partial charge in [-0.25, -0.2) is 14.2 Å². The largest absolute Gasteiger partial charge is 0.466 e. The van der Waals surface area contributed by atoms with E-state index in [2.05, 4.69) is 10.3 Å². The Balaban J connectivity index is 1.47. The second-order valence-electron chi connectivity index (χ2n) is 6.38. The van der Waals surface area contributed by atoms with Crippen LogP contribution in [0, 0.1) is 5.82 Å². The van der Waals surface area contributed by atoms with Gasteiger partial charge in [-0.15, -0.1) is 0 Å². The van der Waals surface area contributed by atoms with E-state index in [1.54, 1.807) is 0 Å². The average Bonchev–Trinajstić information content (AvgIpc) is 2.69. The third kappa shape index (κ3) is 5.77. The summed E-state index contributed by atoms with van der Waals surface area (Å²) in [4.78, 5) is 28.0. The van der Waals surface area contributed by atoms with E-state index < -0.39 is 5.97 Å². The molecule has 0 bridgehead atoms. The summed E-state index contributed by atoms with van der Waals surface area (Å²) >= 11 is 0. The average molecular weight is 372 g/mol. The Bertz CT molecular complexity index is 772. The molecule has 1 aliphatic carbocycles. The summed E-state index contributed by atoms with van der Waals surface area (Å²) in [7, 11) is 0. The number of aromatic nitrogens is 1. The fourth-order valence-electron chi connectivity index (χ4n) is 2.87. The van der Waals surface area contributed by atoms with Crippen molar-refractivity contribution in [2.45, 2.75) is 38.2 Å². The third-order valence-corrected chi connectivity index (χ3v) is 4.29. The molecule has 1 N–H and O–H groups in total. The molecular weight excluding hydrogens is 351 g/mol. The van der Waals surface area contributed by atoms with Gasteiger partial charge in [-0.2, -0.15) is 0 Å². The molecule has 7 heteroatoms. The first-order valence-electron chi connectivity index (χ1n) is 8.95. The summed E-state index contributed by atoms with van der Waals surface area (Å²) in [5.74, 6) is -0.939. The van der Waals surface area contributed by atoms with E-state index in [1.165, 1.54) is 49.0 Å². The summed E-state index contributed by atoms with van der Waals surface area (Å²) in [6.07, 6.45) is 6.50. The van der Waals surface area contributed by atoms with Crippen molar-refractivity contribution in [1.82, 2.24) is 4.98 Å². The highest BCUT2D eigenvalue weighted by molar-refractivity contribution is 6.04. The van der Waals surface area contributed by atoms with Crippen LogP contribution >= 0.6 is 0 Å². The highest BCUT2D eigenvalue weighted by Gasteiger charge is 2.18. The lowest BCUT2D eigenvalue weighted by molar-refractivity contribution is -0.152. The number of halogens is 1. The lowest BCUT2D eigenvalue weighted by Gasteiger charge is -2.21. The highest BCUT2D eigenvalue weighted by Crippen LogP contribution is 2.20. The zero-order chi connectivity index (χ0) is 19.1. The van der Waals surface area contributed by atoms with E-state index in [0.29, 0.717) is 11.3 Å². The van der Waals surface area contributed by atoms with Crippen LogP contribution < -0.4 is 10.1 Å². The van der Waals surface area contributed by atoms with E-state index in [9.17, 15) is 14.0 Å². The van der Waals surface area contributed by atoms with Crippen molar-refractivity contribution in [3.63, 3.8) is 0 Å². The lowest BCUT2D eigenvalue weighted by atomic mass is 9.98. The zero-order valence-corrected chi connectivity index (χ0v) is 14.8.